The highest BCUT2D eigenvalue weighted by atomic mass is 16.2. The number of amides is 3. The van der Waals surface area contributed by atoms with Gasteiger partial charge >= 0.3 is 6.03 Å². The molecule has 0 aliphatic carbocycles. The fraction of sp³-hybridized carbons (Fsp3) is 0.556. The molecule has 0 aromatic carbocycles. The molecule has 0 aliphatic heterocycles. The van der Waals surface area contributed by atoms with Crippen molar-refractivity contribution in [3.05, 3.63) is 11.8 Å². The lowest BCUT2D eigenvalue weighted by Crippen LogP contribution is -2.43. The Morgan fingerprint density at radius 1 is 1.36 bits per heavy atom. The molecule has 0 radical (unpaired) electrons. The monoisotopic (exact) mass is 199 g/mol. The zero-order valence-corrected chi connectivity index (χ0v) is 8.83. The molecule has 0 spiro atoms. The van der Waals surface area contributed by atoms with E-state index in [1.165, 1.54) is 6.92 Å². The van der Waals surface area contributed by atoms with Gasteiger partial charge in [0, 0.05) is 26.2 Å². The summed E-state index contributed by atoms with van der Waals surface area (Å²) in [5.41, 5.74) is 6.22. The number of carbonyl (C=O) groups is 2. The van der Waals surface area contributed by atoms with Crippen molar-refractivity contribution in [1.29, 1.82) is 0 Å². The highest BCUT2D eigenvalue weighted by Crippen LogP contribution is 1.91. The first-order valence-electron chi connectivity index (χ1n) is 4.41. The van der Waals surface area contributed by atoms with Gasteiger partial charge in [-0.3, -0.25) is 9.69 Å². The van der Waals surface area contributed by atoms with Gasteiger partial charge in [0.25, 0.3) is 0 Å². The van der Waals surface area contributed by atoms with Crippen LogP contribution in [0.4, 0.5) is 4.79 Å². The van der Waals surface area contributed by atoms with Crippen LogP contribution in [0, 0.1) is 0 Å². The molecule has 5 heteroatoms. The van der Waals surface area contributed by atoms with Crippen molar-refractivity contribution < 1.29 is 9.59 Å². The molecule has 3 amide bonds. The van der Waals surface area contributed by atoms with E-state index in [2.05, 4.69) is 5.32 Å². The number of nitrogens with two attached hydrogens (primary N) is 1. The van der Waals surface area contributed by atoms with Crippen molar-refractivity contribution in [1.82, 2.24) is 10.2 Å². The molecule has 5 nitrogen and oxygen atoms in total. The van der Waals surface area contributed by atoms with E-state index in [4.69, 9.17) is 5.73 Å². The third kappa shape index (κ3) is 4.61. The predicted octanol–water partition coefficient (Wildman–Crippen LogP) is 0.427. The van der Waals surface area contributed by atoms with Gasteiger partial charge in [-0.25, -0.2) is 4.79 Å². The van der Waals surface area contributed by atoms with Crippen molar-refractivity contribution in [2.24, 2.45) is 5.73 Å². The van der Waals surface area contributed by atoms with Gasteiger partial charge in [-0.2, -0.15) is 0 Å². The Kier molecular flexibility index (Phi) is 5.55. The van der Waals surface area contributed by atoms with Crippen molar-refractivity contribution in [2.75, 3.05) is 13.1 Å². The van der Waals surface area contributed by atoms with Crippen molar-refractivity contribution in [3.8, 4) is 0 Å². The third-order valence-corrected chi connectivity index (χ3v) is 1.46. The van der Waals surface area contributed by atoms with Gasteiger partial charge < -0.3 is 11.1 Å². The maximum Gasteiger partial charge on any atom is 0.328 e. The normalized spacial score (nSPS) is 9.14. The molecule has 80 valence electrons. The minimum absolute atomic E-state index is 0.234. The van der Waals surface area contributed by atoms with Crippen LogP contribution in [0.3, 0.4) is 0 Å². The number of carbonyl (C=O) groups excluding carboxylic acids is 2. The average Bonchev–Trinajstić information content (AvgIpc) is 2.09. The smallest absolute Gasteiger partial charge is 0.328 e. The van der Waals surface area contributed by atoms with Crippen LogP contribution in [0.1, 0.15) is 20.8 Å². The number of nitrogens with one attached hydrogen (secondary N) is 1. The molecule has 0 aromatic heterocycles. The van der Waals surface area contributed by atoms with Crippen molar-refractivity contribution in [2.45, 2.75) is 20.8 Å². The minimum Gasteiger partial charge on any atom is -0.329 e. The number of imide groups is 1. The second kappa shape index (κ2) is 6.15. The number of rotatable bonds is 3. The summed E-state index contributed by atoms with van der Waals surface area (Å²) in [6, 6.07) is -0.441. The van der Waals surface area contributed by atoms with Gasteiger partial charge in [-0.1, -0.05) is 5.57 Å². The molecule has 0 saturated carbocycles. The first-order valence-corrected chi connectivity index (χ1v) is 4.41. The van der Waals surface area contributed by atoms with Crippen LogP contribution in [0.15, 0.2) is 11.8 Å². The lowest BCUT2D eigenvalue weighted by Gasteiger charge is -2.17. The fourth-order valence-corrected chi connectivity index (χ4v) is 0.815. The van der Waals surface area contributed by atoms with Crippen molar-refractivity contribution in [3.63, 3.8) is 0 Å². The molecule has 0 unspecified atom stereocenters. The fourth-order valence-electron chi connectivity index (χ4n) is 0.815. The first kappa shape index (κ1) is 12.6. The predicted molar refractivity (Wildman–Crippen MR) is 54.4 cm³/mol. The van der Waals surface area contributed by atoms with Gasteiger partial charge in [0.1, 0.15) is 0 Å². The Labute approximate surface area is 83.9 Å². The summed E-state index contributed by atoms with van der Waals surface area (Å²) in [4.78, 5) is 23.5. The summed E-state index contributed by atoms with van der Waals surface area (Å²) in [7, 11) is 0. The molecular formula is C9H17N3O2. The lowest BCUT2D eigenvalue weighted by molar-refractivity contribution is -0.125. The van der Waals surface area contributed by atoms with Crippen LogP contribution in [-0.4, -0.2) is 29.9 Å². The Morgan fingerprint density at radius 3 is 2.29 bits per heavy atom. The zero-order chi connectivity index (χ0) is 11.1. The van der Waals surface area contributed by atoms with Gasteiger partial charge in [-0.05, 0) is 13.8 Å². The summed E-state index contributed by atoms with van der Waals surface area (Å²) in [6.07, 6.45) is 1.55. The van der Waals surface area contributed by atoms with E-state index in [1.54, 1.807) is 6.20 Å². The summed E-state index contributed by atoms with van der Waals surface area (Å²) in [6.45, 7) is 5.53. The van der Waals surface area contributed by atoms with Crippen LogP contribution < -0.4 is 11.1 Å². The highest BCUT2D eigenvalue weighted by molar-refractivity contribution is 5.93. The van der Waals surface area contributed by atoms with Crippen LogP contribution in [0.25, 0.3) is 0 Å². The minimum atomic E-state index is -0.441. The third-order valence-electron chi connectivity index (χ3n) is 1.46. The Hall–Kier alpha value is -1.36. The second-order valence-corrected chi connectivity index (χ2v) is 3.13. The SMILES string of the molecule is CC(=O)N(CCN)C(=O)NC=C(C)C. The maximum absolute atomic E-state index is 11.4. The molecule has 0 fully saturated rings. The van der Waals surface area contributed by atoms with E-state index in [9.17, 15) is 9.59 Å². The quantitative estimate of drug-likeness (QED) is 0.692. The molecule has 0 heterocycles. The molecule has 0 aliphatic rings. The van der Waals surface area contributed by atoms with Gasteiger partial charge in [-0.15, -0.1) is 0 Å². The second-order valence-electron chi connectivity index (χ2n) is 3.13. The van der Waals surface area contributed by atoms with Crippen LogP contribution in [0.2, 0.25) is 0 Å². The number of hydrogen-bond acceptors (Lipinski definition) is 3. The number of urea groups is 1. The van der Waals surface area contributed by atoms with E-state index < -0.39 is 6.03 Å². The van der Waals surface area contributed by atoms with Gasteiger partial charge in [0.05, 0.1) is 0 Å². The number of allylic oxidation sites excluding steroid dienone is 1. The van der Waals surface area contributed by atoms with E-state index in [0.29, 0.717) is 0 Å². The standard InChI is InChI=1S/C9H17N3O2/c1-7(2)6-11-9(14)12(5-4-10)8(3)13/h6H,4-5,10H2,1-3H3,(H,11,14). The van der Waals surface area contributed by atoms with E-state index in [-0.39, 0.29) is 19.0 Å². The van der Waals surface area contributed by atoms with E-state index >= 15 is 0 Å². The largest absolute Gasteiger partial charge is 0.329 e. The Bertz CT molecular complexity index is 244. The zero-order valence-electron chi connectivity index (χ0n) is 8.83. The average molecular weight is 199 g/mol. The lowest BCUT2D eigenvalue weighted by atomic mass is 10.4. The number of nitrogens with zero attached hydrogens (tertiary/aromatic N) is 1. The van der Waals surface area contributed by atoms with Crippen LogP contribution in [0.5, 0.6) is 0 Å². The Balaban J connectivity index is 4.30. The summed E-state index contributed by atoms with van der Waals surface area (Å²) in [5.74, 6) is -0.310. The summed E-state index contributed by atoms with van der Waals surface area (Å²) < 4.78 is 0. The molecule has 0 atom stereocenters. The van der Waals surface area contributed by atoms with Gasteiger partial charge in [0.2, 0.25) is 5.91 Å². The summed E-state index contributed by atoms with van der Waals surface area (Å²) >= 11 is 0. The highest BCUT2D eigenvalue weighted by Gasteiger charge is 2.15. The molecule has 0 rings (SSSR count). The topological polar surface area (TPSA) is 75.4 Å². The molecule has 0 aromatic rings. The van der Waals surface area contributed by atoms with Gasteiger partial charge in [0.15, 0.2) is 0 Å². The van der Waals surface area contributed by atoms with Crippen LogP contribution in [-0.2, 0) is 4.79 Å². The van der Waals surface area contributed by atoms with E-state index in [1.807, 2.05) is 13.8 Å². The molecular weight excluding hydrogens is 182 g/mol. The summed E-state index contributed by atoms with van der Waals surface area (Å²) in [5, 5.41) is 2.50. The van der Waals surface area contributed by atoms with E-state index in [0.717, 1.165) is 10.5 Å². The molecule has 0 saturated heterocycles. The number of hydrogen-bond donors (Lipinski definition) is 2. The molecule has 3 N–H and O–H groups in total. The molecule has 14 heavy (non-hydrogen) atoms. The maximum atomic E-state index is 11.4. The molecule has 0 bridgehead atoms. The first-order chi connectivity index (χ1) is 6.49. The van der Waals surface area contributed by atoms with Crippen LogP contribution >= 0.6 is 0 Å². The Morgan fingerprint density at radius 2 is 1.93 bits per heavy atom. The van der Waals surface area contributed by atoms with Crippen molar-refractivity contribution >= 4 is 11.9 Å².